The molecule has 35 heavy (non-hydrogen) atoms. The molecule has 1 aliphatic rings. The van der Waals surface area contributed by atoms with E-state index in [9.17, 15) is 21.6 Å². The number of benzene rings is 2. The maximum Gasteiger partial charge on any atom is 0.257 e. The lowest BCUT2D eigenvalue weighted by molar-refractivity contribution is 0.102. The molecule has 9 nitrogen and oxygen atoms in total. The molecule has 0 unspecified atom stereocenters. The summed E-state index contributed by atoms with van der Waals surface area (Å²) in [6, 6.07) is 8.24. The number of sulfonamides is 2. The van der Waals surface area contributed by atoms with Crippen molar-refractivity contribution in [3.05, 3.63) is 47.0 Å². The Bertz CT molecular complexity index is 1290. The van der Waals surface area contributed by atoms with E-state index < -0.39 is 26.0 Å². The number of rotatable bonds is 9. The number of anilines is 1. The second-order valence-electron chi connectivity index (χ2n) is 8.02. The van der Waals surface area contributed by atoms with E-state index in [0.717, 1.165) is 19.3 Å². The summed E-state index contributed by atoms with van der Waals surface area (Å²) in [5, 5.41) is 2.70. The molecule has 1 heterocycles. The van der Waals surface area contributed by atoms with Crippen LogP contribution in [0.1, 0.15) is 43.5 Å². The number of amides is 1. The Morgan fingerprint density at radius 3 is 2.29 bits per heavy atom. The van der Waals surface area contributed by atoms with E-state index in [-0.39, 0.29) is 44.9 Å². The summed E-state index contributed by atoms with van der Waals surface area (Å²) < 4.78 is 60.2. The first-order valence-electron chi connectivity index (χ1n) is 11.4. The smallest absolute Gasteiger partial charge is 0.257 e. The predicted molar refractivity (Wildman–Crippen MR) is 135 cm³/mol. The van der Waals surface area contributed by atoms with Gasteiger partial charge >= 0.3 is 0 Å². The van der Waals surface area contributed by atoms with Gasteiger partial charge in [-0.15, -0.1) is 0 Å². The predicted octanol–water partition coefficient (Wildman–Crippen LogP) is 3.81. The van der Waals surface area contributed by atoms with Crippen LogP contribution in [0.3, 0.4) is 0 Å². The summed E-state index contributed by atoms with van der Waals surface area (Å²) in [6.07, 6.45) is 2.54. The van der Waals surface area contributed by atoms with Gasteiger partial charge in [-0.05, 0) is 49.2 Å². The molecule has 1 N–H and O–H groups in total. The highest BCUT2D eigenvalue weighted by molar-refractivity contribution is 7.89. The molecule has 0 spiro atoms. The molecule has 0 saturated carbocycles. The van der Waals surface area contributed by atoms with Crippen LogP contribution in [0, 0.1) is 0 Å². The molecule has 0 radical (unpaired) electrons. The van der Waals surface area contributed by atoms with Crippen molar-refractivity contribution < 1.29 is 26.4 Å². The summed E-state index contributed by atoms with van der Waals surface area (Å²) in [7, 11) is -6.25. The van der Waals surface area contributed by atoms with Crippen LogP contribution >= 0.6 is 11.6 Å². The fourth-order valence-electron chi connectivity index (χ4n) is 3.95. The number of methoxy groups -OCH3 is 1. The van der Waals surface area contributed by atoms with Crippen molar-refractivity contribution in [2.24, 2.45) is 0 Å². The van der Waals surface area contributed by atoms with Crippen molar-refractivity contribution in [1.29, 1.82) is 0 Å². The molecule has 1 fully saturated rings. The molecular formula is C23H30ClN3O6S2. The van der Waals surface area contributed by atoms with Gasteiger partial charge in [0.2, 0.25) is 20.0 Å². The fraction of sp³-hybridized carbons (Fsp3) is 0.435. The lowest BCUT2D eigenvalue weighted by Gasteiger charge is -2.26. The minimum atomic E-state index is -3.83. The number of ether oxygens (including phenoxy) is 1. The molecule has 0 atom stereocenters. The Hall–Kier alpha value is -2.18. The molecule has 0 aliphatic carbocycles. The Morgan fingerprint density at radius 1 is 1.03 bits per heavy atom. The van der Waals surface area contributed by atoms with Gasteiger partial charge in [0.15, 0.2) is 0 Å². The first kappa shape index (κ1) is 27.4. The largest absolute Gasteiger partial charge is 0.495 e. The number of carbonyl (C=O) groups excluding carboxylic acids is 1. The lowest BCUT2D eigenvalue weighted by Crippen LogP contribution is -2.35. The normalized spacial score (nSPS) is 15.2. The Balaban J connectivity index is 1.94. The van der Waals surface area contributed by atoms with Crippen LogP contribution in [0.5, 0.6) is 5.75 Å². The quantitative estimate of drug-likeness (QED) is 0.514. The van der Waals surface area contributed by atoms with E-state index in [1.54, 1.807) is 13.8 Å². The van der Waals surface area contributed by atoms with Gasteiger partial charge in [0.25, 0.3) is 5.91 Å². The minimum absolute atomic E-state index is 0.0452. The first-order chi connectivity index (χ1) is 16.6. The summed E-state index contributed by atoms with van der Waals surface area (Å²) in [6.45, 7) is 4.86. The summed E-state index contributed by atoms with van der Waals surface area (Å²) in [4.78, 5) is 12.9. The van der Waals surface area contributed by atoms with Crippen molar-refractivity contribution in [3.8, 4) is 5.75 Å². The van der Waals surface area contributed by atoms with Gasteiger partial charge in [0, 0.05) is 31.9 Å². The monoisotopic (exact) mass is 543 g/mol. The zero-order valence-corrected chi connectivity index (χ0v) is 22.3. The molecule has 2 aromatic rings. The third kappa shape index (κ3) is 5.80. The van der Waals surface area contributed by atoms with Crippen LogP contribution in [0.25, 0.3) is 0 Å². The highest BCUT2D eigenvalue weighted by Crippen LogP contribution is 2.32. The Labute approximate surface area is 212 Å². The van der Waals surface area contributed by atoms with Crippen molar-refractivity contribution in [1.82, 2.24) is 8.61 Å². The van der Waals surface area contributed by atoms with Crippen molar-refractivity contribution in [2.45, 2.75) is 42.9 Å². The van der Waals surface area contributed by atoms with E-state index in [2.05, 4.69) is 5.32 Å². The second kappa shape index (κ2) is 11.3. The SMILES string of the molecule is CCN(CC)S(=O)(=O)c1ccc(Cl)c(C(=O)Nc2ccc(OC)c(S(=O)(=O)N3CCCCC3)c2)c1. The lowest BCUT2D eigenvalue weighted by atomic mass is 10.2. The molecular weight excluding hydrogens is 514 g/mol. The van der Waals surface area contributed by atoms with Crippen LogP contribution in [0.4, 0.5) is 5.69 Å². The van der Waals surface area contributed by atoms with Crippen LogP contribution in [0.15, 0.2) is 46.2 Å². The van der Waals surface area contributed by atoms with Gasteiger partial charge in [-0.3, -0.25) is 4.79 Å². The van der Waals surface area contributed by atoms with E-state index in [1.165, 1.54) is 52.1 Å². The average Bonchev–Trinajstić information content (AvgIpc) is 2.85. The molecule has 12 heteroatoms. The second-order valence-corrected chi connectivity index (χ2v) is 12.3. The molecule has 0 aromatic heterocycles. The molecule has 1 saturated heterocycles. The number of hydrogen-bond donors (Lipinski definition) is 1. The van der Waals surface area contributed by atoms with Crippen LogP contribution in [-0.4, -0.2) is 64.6 Å². The van der Waals surface area contributed by atoms with E-state index in [1.807, 2.05) is 0 Å². The fourth-order valence-corrected chi connectivity index (χ4v) is 7.34. The summed E-state index contributed by atoms with van der Waals surface area (Å²) >= 11 is 6.22. The van der Waals surface area contributed by atoms with Crippen molar-refractivity contribution >= 4 is 43.2 Å². The average molecular weight is 544 g/mol. The molecule has 0 bridgehead atoms. The minimum Gasteiger partial charge on any atom is -0.495 e. The van der Waals surface area contributed by atoms with Crippen LogP contribution in [0.2, 0.25) is 5.02 Å². The number of nitrogens with zero attached hydrogens (tertiary/aromatic N) is 2. The molecule has 1 amide bonds. The Morgan fingerprint density at radius 2 is 1.69 bits per heavy atom. The molecule has 1 aliphatic heterocycles. The summed E-state index contributed by atoms with van der Waals surface area (Å²) in [5.74, 6) is -0.503. The van der Waals surface area contributed by atoms with Crippen molar-refractivity contribution in [2.75, 3.05) is 38.6 Å². The highest BCUT2D eigenvalue weighted by atomic mass is 35.5. The van der Waals surface area contributed by atoms with Gasteiger partial charge in [0.05, 0.1) is 22.6 Å². The maximum atomic E-state index is 13.2. The van der Waals surface area contributed by atoms with Gasteiger partial charge in [-0.25, -0.2) is 16.8 Å². The van der Waals surface area contributed by atoms with Gasteiger partial charge in [0.1, 0.15) is 10.6 Å². The zero-order chi connectivity index (χ0) is 25.8. The van der Waals surface area contributed by atoms with Crippen LogP contribution < -0.4 is 10.1 Å². The van der Waals surface area contributed by atoms with E-state index in [0.29, 0.717) is 13.1 Å². The van der Waals surface area contributed by atoms with Gasteiger partial charge < -0.3 is 10.1 Å². The Kier molecular flexibility index (Phi) is 8.81. The topological polar surface area (TPSA) is 113 Å². The highest BCUT2D eigenvalue weighted by Gasteiger charge is 2.30. The standard InChI is InChI=1S/C23H30ClN3O6S2/c1-4-26(5-2)34(29,30)18-10-11-20(24)19(16-18)23(28)25-17-9-12-21(33-3)22(15-17)35(31,32)27-13-7-6-8-14-27/h9-12,15-16H,4-8,13-14H2,1-3H3,(H,25,28). The van der Waals surface area contributed by atoms with Gasteiger partial charge in [-0.2, -0.15) is 8.61 Å². The third-order valence-electron chi connectivity index (χ3n) is 5.88. The number of carbonyl (C=O) groups is 1. The number of hydrogen-bond acceptors (Lipinski definition) is 6. The van der Waals surface area contributed by atoms with Crippen LogP contribution in [-0.2, 0) is 20.0 Å². The zero-order valence-electron chi connectivity index (χ0n) is 20.0. The first-order valence-corrected chi connectivity index (χ1v) is 14.6. The number of piperidine rings is 1. The van der Waals surface area contributed by atoms with E-state index >= 15 is 0 Å². The third-order valence-corrected chi connectivity index (χ3v) is 10.2. The number of halogens is 1. The summed E-state index contributed by atoms with van der Waals surface area (Å²) in [5.41, 5.74) is 0.163. The molecule has 3 rings (SSSR count). The molecule has 2 aromatic carbocycles. The number of nitrogens with one attached hydrogen (secondary N) is 1. The van der Waals surface area contributed by atoms with Crippen molar-refractivity contribution in [3.63, 3.8) is 0 Å². The van der Waals surface area contributed by atoms with E-state index in [4.69, 9.17) is 16.3 Å². The molecule has 192 valence electrons. The van der Waals surface area contributed by atoms with Gasteiger partial charge in [-0.1, -0.05) is 31.9 Å². The maximum absolute atomic E-state index is 13.2.